The summed E-state index contributed by atoms with van der Waals surface area (Å²) >= 11 is 1.25. The van der Waals surface area contributed by atoms with E-state index in [0.717, 1.165) is 0 Å². The first kappa shape index (κ1) is 16.8. The van der Waals surface area contributed by atoms with Crippen LogP contribution in [0.3, 0.4) is 0 Å². The Bertz CT molecular complexity index is 457. The average molecular weight is 299 g/mol. The second-order valence-electron chi connectivity index (χ2n) is 5.41. The van der Waals surface area contributed by atoms with Gasteiger partial charge in [-0.3, -0.25) is 4.79 Å². The van der Waals surface area contributed by atoms with Crippen LogP contribution in [0.25, 0.3) is 0 Å². The molecule has 0 saturated carbocycles. The normalized spacial score (nSPS) is 14.7. The van der Waals surface area contributed by atoms with E-state index in [9.17, 15) is 15.0 Å². The summed E-state index contributed by atoms with van der Waals surface area (Å²) in [6, 6.07) is 6.78. The fraction of sp³-hybridized carbons (Fsp3) is 0.500. The lowest BCUT2D eigenvalue weighted by Gasteiger charge is -2.25. The number of esters is 1. The maximum Gasteiger partial charge on any atom is 0.314 e. The van der Waals surface area contributed by atoms with Crippen molar-refractivity contribution in [3.05, 3.63) is 24.3 Å². The number of carbonyl (C=O) groups excluding carboxylic acids is 1. The molecule has 0 amide bonds. The molecule has 0 radical (unpaired) electrons. The highest BCUT2D eigenvalue weighted by molar-refractivity contribution is 7.99. The summed E-state index contributed by atoms with van der Waals surface area (Å²) in [5.74, 6) is -1.04. The molecule has 0 aliphatic heterocycles. The molecule has 1 aromatic carbocycles. The van der Waals surface area contributed by atoms with E-state index in [2.05, 4.69) is 0 Å². The number of aliphatic hydroxyl groups is 1. The molecule has 0 spiro atoms. The minimum Gasteiger partial charge on any atom is -0.507 e. The number of nitrogens with two attached hydrogens (primary N) is 1. The van der Waals surface area contributed by atoms with Crippen LogP contribution in [0.15, 0.2) is 29.2 Å². The monoisotopic (exact) mass is 299 g/mol. The summed E-state index contributed by atoms with van der Waals surface area (Å²) in [6.45, 7) is 5.25. The van der Waals surface area contributed by atoms with Crippen LogP contribution in [0.2, 0.25) is 0 Å². The van der Waals surface area contributed by atoms with Gasteiger partial charge in [0.25, 0.3) is 0 Å². The molecule has 20 heavy (non-hydrogen) atoms. The predicted molar refractivity (Wildman–Crippen MR) is 78.4 cm³/mol. The van der Waals surface area contributed by atoms with Crippen molar-refractivity contribution in [2.75, 3.05) is 5.75 Å². The van der Waals surface area contributed by atoms with Crippen molar-refractivity contribution < 1.29 is 19.7 Å². The molecule has 112 valence electrons. The Kier molecular flexibility index (Phi) is 5.86. The smallest absolute Gasteiger partial charge is 0.314 e. The van der Waals surface area contributed by atoms with Crippen LogP contribution in [0.1, 0.15) is 20.8 Å². The number of benzene rings is 1. The van der Waals surface area contributed by atoms with Gasteiger partial charge >= 0.3 is 5.97 Å². The van der Waals surface area contributed by atoms with Gasteiger partial charge in [-0.05, 0) is 32.9 Å². The van der Waals surface area contributed by atoms with Gasteiger partial charge in [-0.15, -0.1) is 11.8 Å². The van der Waals surface area contributed by atoms with Crippen LogP contribution in [0, 0.1) is 5.92 Å². The highest BCUT2D eigenvalue weighted by Crippen LogP contribution is 2.30. The Hall–Kier alpha value is -1.24. The van der Waals surface area contributed by atoms with Crippen molar-refractivity contribution in [1.29, 1.82) is 0 Å². The summed E-state index contributed by atoms with van der Waals surface area (Å²) in [6.07, 6.45) is -1.30. The third kappa shape index (κ3) is 5.40. The maximum absolute atomic E-state index is 12.0. The van der Waals surface area contributed by atoms with Crippen LogP contribution in [0.5, 0.6) is 5.75 Å². The van der Waals surface area contributed by atoms with Crippen molar-refractivity contribution in [3.8, 4) is 5.75 Å². The number of phenols is 1. The van der Waals surface area contributed by atoms with Gasteiger partial charge in [0.1, 0.15) is 23.5 Å². The molecule has 0 heterocycles. The molecule has 4 N–H and O–H groups in total. The van der Waals surface area contributed by atoms with E-state index in [1.165, 1.54) is 11.8 Å². The molecule has 2 unspecified atom stereocenters. The van der Waals surface area contributed by atoms with E-state index in [-0.39, 0.29) is 11.5 Å². The molecule has 0 aliphatic carbocycles. The van der Waals surface area contributed by atoms with E-state index < -0.39 is 23.7 Å². The third-order valence-corrected chi connectivity index (χ3v) is 3.59. The van der Waals surface area contributed by atoms with Gasteiger partial charge in [0.2, 0.25) is 0 Å². The van der Waals surface area contributed by atoms with E-state index in [4.69, 9.17) is 10.5 Å². The van der Waals surface area contributed by atoms with Crippen LogP contribution < -0.4 is 5.73 Å². The number of hydrogen-bond acceptors (Lipinski definition) is 6. The minimum atomic E-state index is -1.30. The second-order valence-corrected chi connectivity index (χ2v) is 6.47. The first-order valence-electron chi connectivity index (χ1n) is 6.28. The fourth-order valence-electron chi connectivity index (χ4n) is 1.44. The molecule has 0 bridgehead atoms. The lowest BCUT2D eigenvalue weighted by Crippen LogP contribution is -2.40. The Morgan fingerprint density at radius 3 is 2.50 bits per heavy atom. The topological polar surface area (TPSA) is 92.8 Å². The zero-order valence-electron chi connectivity index (χ0n) is 11.9. The Morgan fingerprint density at radius 1 is 1.40 bits per heavy atom. The lowest BCUT2D eigenvalue weighted by atomic mass is 10.1. The number of rotatable bonds is 5. The fourth-order valence-corrected chi connectivity index (χ4v) is 2.53. The lowest BCUT2D eigenvalue weighted by molar-refractivity contribution is -0.162. The van der Waals surface area contributed by atoms with Crippen LogP contribution in [-0.2, 0) is 9.53 Å². The number of thioether (sulfide) groups is 1. The number of phenolic OH excluding ortho intramolecular Hbond substituents is 1. The molecule has 5 nitrogen and oxygen atoms in total. The molecule has 0 saturated heterocycles. The number of aromatic hydroxyl groups is 1. The summed E-state index contributed by atoms with van der Waals surface area (Å²) in [4.78, 5) is 12.6. The SMILES string of the molecule is CC(C)(C)OC(=O)C(CSc1ccccc1O)C(N)O. The second kappa shape index (κ2) is 6.97. The van der Waals surface area contributed by atoms with Gasteiger partial charge in [-0.25, -0.2) is 0 Å². The van der Waals surface area contributed by atoms with E-state index >= 15 is 0 Å². The number of aliphatic hydroxyl groups excluding tert-OH is 1. The molecule has 1 rings (SSSR count). The number of carbonyl (C=O) groups is 1. The van der Waals surface area contributed by atoms with Crippen molar-refractivity contribution in [2.24, 2.45) is 11.7 Å². The molecule has 0 fully saturated rings. The summed E-state index contributed by atoms with van der Waals surface area (Å²) in [5, 5.41) is 19.2. The quantitative estimate of drug-likeness (QED) is 0.435. The molecular weight excluding hydrogens is 278 g/mol. The van der Waals surface area contributed by atoms with Gasteiger partial charge in [-0.1, -0.05) is 12.1 Å². The van der Waals surface area contributed by atoms with Gasteiger partial charge < -0.3 is 20.7 Å². The Labute approximate surface area is 123 Å². The predicted octanol–water partition coefficient (Wildman–Crippen LogP) is 1.72. The van der Waals surface area contributed by atoms with E-state index in [1.807, 2.05) is 0 Å². The average Bonchev–Trinajstić information content (AvgIpc) is 2.28. The first-order chi connectivity index (χ1) is 9.20. The molecule has 2 atom stereocenters. The third-order valence-electron chi connectivity index (χ3n) is 2.41. The number of para-hydroxylation sites is 1. The minimum absolute atomic E-state index is 0.131. The molecule has 1 aromatic rings. The zero-order chi connectivity index (χ0) is 15.3. The Balaban J connectivity index is 2.69. The summed E-state index contributed by atoms with van der Waals surface area (Å²) < 4.78 is 5.23. The molecular formula is C14H21NO4S. The standard InChI is InChI=1S/C14H21NO4S/c1-14(2,3)19-13(18)9(12(15)17)8-20-11-7-5-4-6-10(11)16/h4-7,9,12,16-17H,8,15H2,1-3H3. The summed E-state index contributed by atoms with van der Waals surface area (Å²) in [7, 11) is 0. The van der Waals surface area contributed by atoms with Gasteiger partial charge in [0.05, 0.1) is 0 Å². The van der Waals surface area contributed by atoms with Crippen molar-refractivity contribution >= 4 is 17.7 Å². The van der Waals surface area contributed by atoms with Crippen molar-refractivity contribution in [1.82, 2.24) is 0 Å². The largest absolute Gasteiger partial charge is 0.507 e. The molecule has 0 aliphatic rings. The Morgan fingerprint density at radius 2 is 2.00 bits per heavy atom. The van der Waals surface area contributed by atoms with Gasteiger partial charge in [-0.2, -0.15) is 0 Å². The molecule has 0 aromatic heterocycles. The van der Waals surface area contributed by atoms with Crippen LogP contribution in [-0.4, -0.2) is 33.8 Å². The van der Waals surface area contributed by atoms with Crippen LogP contribution >= 0.6 is 11.8 Å². The number of hydrogen-bond donors (Lipinski definition) is 3. The van der Waals surface area contributed by atoms with Crippen molar-refractivity contribution in [3.63, 3.8) is 0 Å². The number of ether oxygens (including phenoxy) is 1. The highest BCUT2D eigenvalue weighted by Gasteiger charge is 2.29. The van der Waals surface area contributed by atoms with Gasteiger partial charge in [0, 0.05) is 10.6 Å². The van der Waals surface area contributed by atoms with E-state index in [1.54, 1.807) is 45.0 Å². The van der Waals surface area contributed by atoms with E-state index in [0.29, 0.717) is 4.90 Å². The maximum atomic E-state index is 12.0. The highest BCUT2D eigenvalue weighted by atomic mass is 32.2. The summed E-state index contributed by atoms with van der Waals surface area (Å²) in [5.41, 5.74) is 4.80. The molecule has 6 heteroatoms. The zero-order valence-corrected chi connectivity index (χ0v) is 12.7. The van der Waals surface area contributed by atoms with Crippen LogP contribution in [0.4, 0.5) is 0 Å². The first-order valence-corrected chi connectivity index (χ1v) is 7.26. The van der Waals surface area contributed by atoms with Crippen molar-refractivity contribution in [2.45, 2.75) is 37.5 Å². The van der Waals surface area contributed by atoms with Gasteiger partial charge in [0.15, 0.2) is 0 Å².